The number of carbonyl (C=O) groups is 1. The van der Waals surface area contributed by atoms with E-state index in [4.69, 9.17) is 33.0 Å². The van der Waals surface area contributed by atoms with E-state index in [0.29, 0.717) is 15.8 Å². The second kappa shape index (κ2) is 5.63. The van der Waals surface area contributed by atoms with Gasteiger partial charge in [-0.2, -0.15) is 0 Å². The molecule has 0 aliphatic rings. The van der Waals surface area contributed by atoms with E-state index in [-0.39, 0.29) is 6.61 Å². The highest BCUT2D eigenvalue weighted by atomic mass is 35.5. The molecule has 0 radical (unpaired) electrons. The molecule has 0 fully saturated rings. The van der Waals surface area contributed by atoms with Crippen molar-refractivity contribution in [1.82, 2.24) is 0 Å². The van der Waals surface area contributed by atoms with Gasteiger partial charge < -0.3 is 9.84 Å². The molecule has 0 amide bonds. The molecule has 5 heteroatoms. The number of benzene rings is 1. The molecule has 0 aliphatic carbocycles. The van der Waals surface area contributed by atoms with Gasteiger partial charge in [0.1, 0.15) is 12.4 Å². The lowest BCUT2D eigenvalue weighted by molar-refractivity contribution is -0.131. The van der Waals surface area contributed by atoms with E-state index in [9.17, 15) is 4.79 Å². The Morgan fingerprint density at radius 3 is 2.47 bits per heavy atom. The molecule has 1 aromatic carbocycles. The van der Waals surface area contributed by atoms with Crippen LogP contribution in [0.4, 0.5) is 0 Å². The highest BCUT2D eigenvalue weighted by Gasteiger charge is 1.97. The zero-order chi connectivity index (χ0) is 11.3. The Kier molecular flexibility index (Phi) is 4.46. The summed E-state index contributed by atoms with van der Waals surface area (Å²) >= 11 is 11.5. The Labute approximate surface area is 96.9 Å². The summed E-state index contributed by atoms with van der Waals surface area (Å²) < 4.78 is 5.20. The quantitative estimate of drug-likeness (QED) is 0.832. The van der Waals surface area contributed by atoms with Gasteiger partial charge in [-0.05, 0) is 24.3 Å². The highest BCUT2D eigenvalue weighted by Crippen LogP contribution is 2.23. The molecule has 0 atom stereocenters. The SMILES string of the molecule is O=C(O)C=CCOc1cc(Cl)cc(Cl)c1. The molecule has 1 N–H and O–H groups in total. The van der Waals surface area contributed by atoms with Gasteiger partial charge in [-0.15, -0.1) is 0 Å². The minimum atomic E-state index is -1.01. The van der Waals surface area contributed by atoms with Crippen LogP contribution in [0.1, 0.15) is 0 Å². The van der Waals surface area contributed by atoms with Gasteiger partial charge in [0.15, 0.2) is 0 Å². The Balaban J connectivity index is 2.54. The minimum absolute atomic E-state index is 0.156. The smallest absolute Gasteiger partial charge is 0.328 e. The van der Waals surface area contributed by atoms with E-state index in [2.05, 4.69) is 0 Å². The van der Waals surface area contributed by atoms with Crippen LogP contribution in [-0.2, 0) is 4.79 Å². The summed E-state index contributed by atoms with van der Waals surface area (Å²) in [5, 5.41) is 9.26. The molecule has 15 heavy (non-hydrogen) atoms. The molecule has 0 bridgehead atoms. The Bertz CT molecular complexity index is 368. The molecule has 0 heterocycles. The third kappa shape index (κ3) is 4.72. The standard InChI is InChI=1S/C10H8Cl2O3/c11-7-4-8(12)6-9(5-7)15-3-1-2-10(13)14/h1-2,4-6H,3H2,(H,13,14). The molecule has 0 saturated carbocycles. The van der Waals surface area contributed by atoms with Gasteiger partial charge in [-0.3, -0.25) is 0 Å². The van der Waals surface area contributed by atoms with Crippen LogP contribution >= 0.6 is 23.2 Å². The second-order valence-corrected chi connectivity index (χ2v) is 3.53. The zero-order valence-electron chi connectivity index (χ0n) is 7.61. The number of carboxylic acids is 1. The van der Waals surface area contributed by atoms with Crippen LogP contribution in [0.2, 0.25) is 10.0 Å². The molecular weight excluding hydrogens is 239 g/mol. The molecule has 0 aromatic heterocycles. The number of rotatable bonds is 4. The molecular formula is C10H8Cl2O3. The number of carboxylic acid groups (broad SMARTS) is 1. The van der Waals surface area contributed by atoms with E-state index in [0.717, 1.165) is 6.08 Å². The monoisotopic (exact) mass is 246 g/mol. The minimum Gasteiger partial charge on any atom is -0.489 e. The van der Waals surface area contributed by atoms with Gasteiger partial charge in [0.25, 0.3) is 0 Å². The molecule has 80 valence electrons. The number of aliphatic carboxylic acids is 1. The lowest BCUT2D eigenvalue weighted by Crippen LogP contribution is -1.95. The molecule has 3 nitrogen and oxygen atoms in total. The molecule has 0 saturated heterocycles. The predicted octanol–water partition coefficient (Wildman–Crippen LogP) is 3.01. The van der Waals surface area contributed by atoms with E-state index in [1.54, 1.807) is 18.2 Å². The fraction of sp³-hybridized carbons (Fsp3) is 0.100. The van der Waals surface area contributed by atoms with Crippen LogP contribution in [0.5, 0.6) is 5.75 Å². The van der Waals surface area contributed by atoms with Gasteiger partial charge in [0.2, 0.25) is 0 Å². The largest absolute Gasteiger partial charge is 0.489 e. The maximum absolute atomic E-state index is 10.1. The fourth-order valence-electron chi connectivity index (χ4n) is 0.905. The van der Waals surface area contributed by atoms with Crippen molar-refractivity contribution in [2.45, 2.75) is 0 Å². The summed E-state index contributed by atoms with van der Waals surface area (Å²) in [7, 11) is 0. The van der Waals surface area contributed by atoms with Gasteiger partial charge >= 0.3 is 5.97 Å². The van der Waals surface area contributed by atoms with Crippen molar-refractivity contribution in [3.63, 3.8) is 0 Å². The van der Waals surface area contributed by atoms with Crippen molar-refractivity contribution in [2.75, 3.05) is 6.61 Å². The van der Waals surface area contributed by atoms with E-state index >= 15 is 0 Å². The van der Waals surface area contributed by atoms with Crippen LogP contribution in [0.25, 0.3) is 0 Å². The maximum atomic E-state index is 10.1. The van der Waals surface area contributed by atoms with Crippen molar-refractivity contribution < 1.29 is 14.6 Å². The topological polar surface area (TPSA) is 46.5 Å². The fourth-order valence-corrected chi connectivity index (χ4v) is 1.41. The van der Waals surface area contributed by atoms with Gasteiger partial charge in [0, 0.05) is 16.1 Å². The van der Waals surface area contributed by atoms with Gasteiger partial charge in [-0.25, -0.2) is 4.79 Å². The predicted molar refractivity (Wildman–Crippen MR) is 58.7 cm³/mol. The van der Waals surface area contributed by atoms with Crippen LogP contribution < -0.4 is 4.74 Å². The number of ether oxygens (including phenoxy) is 1. The van der Waals surface area contributed by atoms with Crippen LogP contribution in [0, 0.1) is 0 Å². The summed E-state index contributed by atoms with van der Waals surface area (Å²) in [5.74, 6) is -0.509. The average molecular weight is 247 g/mol. The van der Waals surface area contributed by atoms with Gasteiger partial charge in [-0.1, -0.05) is 23.2 Å². The van der Waals surface area contributed by atoms with E-state index in [1.807, 2.05) is 0 Å². The lowest BCUT2D eigenvalue weighted by Gasteiger charge is -2.03. The van der Waals surface area contributed by atoms with Crippen molar-refractivity contribution in [3.8, 4) is 5.75 Å². The first kappa shape index (κ1) is 11.9. The number of hydrogen-bond acceptors (Lipinski definition) is 2. The van der Waals surface area contributed by atoms with Gasteiger partial charge in [0.05, 0.1) is 0 Å². The maximum Gasteiger partial charge on any atom is 0.328 e. The molecule has 0 aliphatic heterocycles. The van der Waals surface area contributed by atoms with Crippen LogP contribution in [-0.4, -0.2) is 17.7 Å². The second-order valence-electron chi connectivity index (χ2n) is 2.66. The Hall–Kier alpha value is -1.19. The normalized spacial score (nSPS) is 10.5. The van der Waals surface area contributed by atoms with Crippen molar-refractivity contribution in [1.29, 1.82) is 0 Å². The van der Waals surface area contributed by atoms with Crippen molar-refractivity contribution in [3.05, 3.63) is 40.4 Å². The number of halogens is 2. The zero-order valence-corrected chi connectivity index (χ0v) is 9.13. The molecule has 1 rings (SSSR count). The Morgan fingerprint density at radius 1 is 1.33 bits per heavy atom. The summed E-state index contributed by atoms with van der Waals surface area (Å²) in [6.07, 6.45) is 2.39. The third-order valence-electron chi connectivity index (χ3n) is 1.44. The summed E-state index contributed by atoms with van der Waals surface area (Å²) in [4.78, 5) is 10.1. The Morgan fingerprint density at radius 2 is 1.93 bits per heavy atom. The van der Waals surface area contributed by atoms with Crippen molar-refractivity contribution >= 4 is 29.2 Å². The average Bonchev–Trinajstić information content (AvgIpc) is 2.10. The molecule has 0 unspecified atom stereocenters. The lowest BCUT2D eigenvalue weighted by atomic mass is 10.3. The number of hydrogen-bond donors (Lipinski definition) is 1. The van der Waals surface area contributed by atoms with Crippen LogP contribution in [0.15, 0.2) is 30.4 Å². The van der Waals surface area contributed by atoms with Crippen LogP contribution in [0.3, 0.4) is 0 Å². The van der Waals surface area contributed by atoms with E-state index in [1.165, 1.54) is 6.08 Å². The summed E-state index contributed by atoms with van der Waals surface area (Å²) in [6, 6.07) is 4.78. The van der Waals surface area contributed by atoms with Crippen molar-refractivity contribution in [2.24, 2.45) is 0 Å². The first-order valence-corrected chi connectivity index (χ1v) is 4.82. The highest BCUT2D eigenvalue weighted by molar-refractivity contribution is 6.34. The third-order valence-corrected chi connectivity index (χ3v) is 1.88. The first-order valence-electron chi connectivity index (χ1n) is 4.06. The summed E-state index contributed by atoms with van der Waals surface area (Å²) in [5.41, 5.74) is 0. The molecule has 1 aromatic rings. The molecule has 0 spiro atoms. The van der Waals surface area contributed by atoms with E-state index < -0.39 is 5.97 Å². The first-order chi connectivity index (χ1) is 7.08. The summed E-state index contributed by atoms with van der Waals surface area (Å²) in [6.45, 7) is 0.156.